The van der Waals surface area contributed by atoms with Crippen molar-refractivity contribution in [2.45, 2.75) is 37.1 Å². The van der Waals surface area contributed by atoms with Crippen LogP contribution in [0.5, 0.6) is 0 Å². The molecule has 140 valence electrons. The molecule has 0 radical (unpaired) electrons. The molecular formula is C21H23N3O2S. The van der Waals surface area contributed by atoms with Crippen molar-refractivity contribution in [3.63, 3.8) is 0 Å². The molecule has 0 atom stereocenters. The average molecular weight is 382 g/mol. The third-order valence-corrected chi connectivity index (χ3v) is 7.39. The molecule has 0 aliphatic carbocycles. The molecule has 0 amide bonds. The summed E-state index contributed by atoms with van der Waals surface area (Å²) in [5, 5.41) is 9.30. The highest BCUT2D eigenvalue weighted by Gasteiger charge is 2.28. The molecule has 4 rings (SSSR count). The Morgan fingerprint density at radius 3 is 2.56 bits per heavy atom. The van der Waals surface area contributed by atoms with E-state index in [2.05, 4.69) is 11.0 Å². The van der Waals surface area contributed by atoms with Crippen LogP contribution in [0.15, 0.2) is 47.4 Å². The monoisotopic (exact) mass is 381 g/mol. The van der Waals surface area contributed by atoms with Crippen molar-refractivity contribution < 1.29 is 8.42 Å². The number of fused-ring (bicyclic) bond motifs is 1. The van der Waals surface area contributed by atoms with E-state index < -0.39 is 10.0 Å². The molecule has 2 aliphatic heterocycles. The van der Waals surface area contributed by atoms with E-state index in [1.165, 1.54) is 0 Å². The highest BCUT2D eigenvalue weighted by atomic mass is 32.2. The van der Waals surface area contributed by atoms with Gasteiger partial charge in [-0.05, 0) is 54.7 Å². The Bertz CT molecular complexity index is 989. The lowest BCUT2D eigenvalue weighted by atomic mass is 10.1. The summed E-state index contributed by atoms with van der Waals surface area (Å²) < 4.78 is 27.5. The molecule has 1 fully saturated rings. The van der Waals surface area contributed by atoms with Crippen molar-refractivity contribution in [3.8, 4) is 6.07 Å². The number of hydrogen-bond acceptors (Lipinski definition) is 4. The number of nitriles is 1. The molecule has 5 nitrogen and oxygen atoms in total. The van der Waals surface area contributed by atoms with Gasteiger partial charge in [0.1, 0.15) is 0 Å². The minimum absolute atomic E-state index is 0.405. The van der Waals surface area contributed by atoms with Crippen LogP contribution in [0.4, 0.5) is 5.69 Å². The van der Waals surface area contributed by atoms with E-state index in [1.54, 1.807) is 10.4 Å². The van der Waals surface area contributed by atoms with Crippen LogP contribution in [0.2, 0.25) is 0 Å². The van der Waals surface area contributed by atoms with Crippen LogP contribution in [0, 0.1) is 11.3 Å². The second kappa shape index (κ2) is 7.34. The fourth-order valence-electron chi connectivity index (χ4n) is 4.00. The molecular weight excluding hydrogens is 358 g/mol. The summed E-state index contributed by atoms with van der Waals surface area (Å²) in [6.45, 7) is 2.74. The molecule has 6 heteroatoms. The van der Waals surface area contributed by atoms with E-state index in [0.29, 0.717) is 30.1 Å². The van der Waals surface area contributed by atoms with Crippen molar-refractivity contribution in [2.24, 2.45) is 0 Å². The number of sulfonamides is 1. The summed E-state index contributed by atoms with van der Waals surface area (Å²) in [5.74, 6) is 0. The Kier molecular flexibility index (Phi) is 4.90. The number of benzene rings is 2. The van der Waals surface area contributed by atoms with Gasteiger partial charge in [-0.1, -0.05) is 24.6 Å². The molecule has 0 aromatic heterocycles. The van der Waals surface area contributed by atoms with Gasteiger partial charge >= 0.3 is 0 Å². The van der Waals surface area contributed by atoms with Gasteiger partial charge in [0.25, 0.3) is 0 Å². The van der Waals surface area contributed by atoms with Crippen molar-refractivity contribution >= 4 is 15.7 Å². The number of rotatable bonds is 4. The molecule has 0 bridgehead atoms. The van der Waals surface area contributed by atoms with Gasteiger partial charge in [-0.15, -0.1) is 0 Å². The number of hydrogen-bond donors (Lipinski definition) is 0. The lowest BCUT2D eigenvalue weighted by molar-refractivity contribution is 0.346. The second-order valence-corrected chi connectivity index (χ2v) is 9.13. The van der Waals surface area contributed by atoms with Gasteiger partial charge in [-0.2, -0.15) is 9.57 Å². The molecule has 0 unspecified atom stereocenters. The lowest BCUT2D eigenvalue weighted by Crippen LogP contribution is -2.35. The maximum atomic E-state index is 12.9. The minimum Gasteiger partial charge on any atom is -0.367 e. The van der Waals surface area contributed by atoms with Crippen molar-refractivity contribution in [3.05, 3.63) is 59.2 Å². The molecule has 0 saturated carbocycles. The van der Waals surface area contributed by atoms with Gasteiger partial charge in [0.15, 0.2) is 0 Å². The van der Waals surface area contributed by atoms with Crippen LogP contribution < -0.4 is 4.90 Å². The Balaban J connectivity index is 1.58. The number of nitrogens with zero attached hydrogens (tertiary/aromatic N) is 3. The van der Waals surface area contributed by atoms with Crippen LogP contribution >= 0.6 is 0 Å². The summed E-state index contributed by atoms with van der Waals surface area (Å²) in [4.78, 5) is 2.63. The highest BCUT2D eigenvalue weighted by Crippen LogP contribution is 2.33. The minimum atomic E-state index is -3.40. The van der Waals surface area contributed by atoms with Crippen molar-refractivity contribution in [2.75, 3.05) is 24.5 Å². The fraction of sp³-hybridized carbons (Fsp3) is 0.381. The standard InChI is InChI=1S/C21H23N3O2S/c22-15-18-6-2-3-7-19(18)16-23-13-10-17-14-20(8-9-21(17)23)27(25,26)24-11-4-1-5-12-24/h2-3,6-9,14H,1,4-5,10-13,16H2. The summed E-state index contributed by atoms with van der Waals surface area (Å²) in [5.41, 5.74) is 3.83. The van der Waals surface area contributed by atoms with Crippen molar-refractivity contribution in [1.82, 2.24) is 4.31 Å². The molecule has 27 heavy (non-hydrogen) atoms. The van der Waals surface area contributed by atoms with E-state index in [-0.39, 0.29) is 0 Å². The first-order valence-corrected chi connectivity index (χ1v) is 10.9. The Morgan fingerprint density at radius 1 is 1.00 bits per heavy atom. The third-order valence-electron chi connectivity index (χ3n) is 5.49. The largest absolute Gasteiger partial charge is 0.367 e. The topological polar surface area (TPSA) is 64.4 Å². The zero-order chi connectivity index (χ0) is 18.9. The van der Waals surface area contributed by atoms with Crippen LogP contribution in [0.3, 0.4) is 0 Å². The van der Waals surface area contributed by atoms with Gasteiger partial charge in [-0.25, -0.2) is 8.42 Å². The average Bonchev–Trinajstić information content (AvgIpc) is 3.11. The summed E-state index contributed by atoms with van der Waals surface area (Å²) in [7, 11) is -3.40. The first-order valence-electron chi connectivity index (χ1n) is 9.45. The van der Waals surface area contributed by atoms with Crippen LogP contribution in [-0.2, 0) is 23.0 Å². The summed E-state index contributed by atoms with van der Waals surface area (Å²) in [6, 6.07) is 15.4. The first-order chi connectivity index (χ1) is 13.1. The molecule has 1 saturated heterocycles. The second-order valence-electron chi connectivity index (χ2n) is 7.20. The van der Waals surface area contributed by atoms with Crippen LogP contribution in [0.1, 0.15) is 36.0 Å². The Hall–Kier alpha value is -2.36. The first kappa shape index (κ1) is 18.0. The highest BCUT2D eigenvalue weighted by molar-refractivity contribution is 7.89. The zero-order valence-electron chi connectivity index (χ0n) is 15.3. The van der Waals surface area contributed by atoms with Gasteiger partial charge < -0.3 is 4.90 Å². The molecule has 2 heterocycles. The number of piperidine rings is 1. The van der Waals surface area contributed by atoms with Gasteiger partial charge in [-0.3, -0.25) is 0 Å². The smallest absolute Gasteiger partial charge is 0.243 e. The van der Waals surface area contributed by atoms with Gasteiger partial charge in [0.2, 0.25) is 10.0 Å². The van der Waals surface area contributed by atoms with E-state index in [9.17, 15) is 13.7 Å². The summed E-state index contributed by atoms with van der Waals surface area (Å²) in [6.07, 6.45) is 3.81. The Labute approximate surface area is 160 Å². The quantitative estimate of drug-likeness (QED) is 0.815. The van der Waals surface area contributed by atoms with Crippen LogP contribution in [0.25, 0.3) is 0 Å². The zero-order valence-corrected chi connectivity index (χ0v) is 16.1. The maximum Gasteiger partial charge on any atom is 0.243 e. The maximum absolute atomic E-state index is 12.9. The van der Waals surface area contributed by atoms with E-state index in [1.807, 2.05) is 36.4 Å². The normalized spacial score (nSPS) is 17.5. The molecule has 0 N–H and O–H groups in total. The molecule has 2 aliphatic rings. The van der Waals surface area contributed by atoms with Gasteiger partial charge in [0.05, 0.1) is 16.5 Å². The van der Waals surface area contributed by atoms with Gasteiger partial charge in [0, 0.05) is 31.9 Å². The molecule has 0 spiro atoms. The predicted molar refractivity (Wildman–Crippen MR) is 105 cm³/mol. The Morgan fingerprint density at radius 2 is 1.78 bits per heavy atom. The van der Waals surface area contributed by atoms with Crippen LogP contribution in [-0.4, -0.2) is 32.4 Å². The summed E-state index contributed by atoms with van der Waals surface area (Å²) >= 11 is 0. The van der Waals surface area contributed by atoms with E-state index in [0.717, 1.165) is 49.0 Å². The van der Waals surface area contributed by atoms with Crippen molar-refractivity contribution in [1.29, 1.82) is 5.26 Å². The fourth-order valence-corrected chi connectivity index (χ4v) is 5.57. The third kappa shape index (κ3) is 3.45. The SMILES string of the molecule is N#Cc1ccccc1CN1CCc2cc(S(=O)(=O)N3CCCCC3)ccc21. The van der Waals surface area contributed by atoms with E-state index in [4.69, 9.17) is 0 Å². The van der Waals surface area contributed by atoms with E-state index >= 15 is 0 Å². The predicted octanol–water partition coefficient (Wildman–Crippen LogP) is 3.30. The lowest BCUT2D eigenvalue weighted by Gasteiger charge is -2.26. The molecule has 2 aromatic carbocycles. The number of anilines is 1. The molecule has 2 aromatic rings.